The fourth-order valence-corrected chi connectivity index (χ4v) is 6.76. The Bertz CT molecular complexity index is 1200. The van der Waals surface area contributed by atoms with Gasteiger partial charge in [0.25, 0.3) is 0 Å². The van der Waals surface area contributed by atoms with Crippen LogP contribution in [0.4, 0.5) is 0 Å². The Morgan fingerprint density at radius 1 is 0.361 bits per heavy atom. The maximum Gasteiger partial charge on any atom is 0.306 e. The standard InChI is InChI=1S/C55H92O6/c1-4-7-10-13-16-19-22-25-27-28-31-33-36-39-42-45-48-54(57)60-51-52(50-59-53(56)47-44-41-38-35-32-29-24-21-18-15-12-9-6-3)61-55(58)49-46-43-40-37-34-30-26-23-20-17-14-11-8-5-2/h8-9,11-12,15,17-18,20-21,24,26,29-30,32,52H,4-7,10,13-14,16,19,22-23,25,27-28,31,33-51H2,1-3H3/b11-8+,12-9+,18-15+,20-17+,24-21+,30-26+,32-29+. The number of ether oxygens (including phenoxy) is 3. The lowest BCUT2D eigenvalue weighted by atomic mass is 10.0. The highest BCUT2D eigenvalue weighted by molar-refractivity contribution is 5.71. The van der Waals surface area contributed by atoms with Crippen LogP contribution in [0, 0.1) is 0 Å². The van der Waals surface area contributed by atoms with Crippen LogP contribution < -0.4 is 0 Å². The van der Waals surface area contributed by atoms with Gasteiger partial charge < -0.3 is 14.2 Å². The summed E-state index contributed by atoms with van der Waals surface area (Å²) < 4.78 is 16.7. The van der Waals surface area contributed by atoms with Gasteiger partial charge in [0.05, 0.1) is 0 Å². The molecule has 0 aliphatic rings. The second kappa shape index (κ2) is 49.2. The van der Waals surface area contributed by atoms with Crippen molar-refractivity contribution in [1.82, 2.24) is 0 Å². The minimum absolute atomic E-state index is 0.0975. The first-order chi connectivity index (χ1) is 30.0. The summed E-state index contributed by atoms with van der Waals surface area (Å²) in [4.78, 5) is 37.9. The van der Waals surface area contributed by atoms with Crippen LogP contribution in [0.3, 0.4) is 0 Å². The van der Waals surface area contributed by atoms with Crippen molar-refractivity contribution in [2.45, 2.75) is 232 Å². The van der Waals surface area contributed by atoms with Crippen molar-refractivity contribution in [2.75, 3.05) is 13.2 Å². The molecule has 0 rings (SSSR count). The highest BCUT2D eigenvalue weighted by atomic mass is 16.6. The number of allylic oxidation sites excluding steroid dienone is 14. The smallest absolute Gasteiger partial charge is 0.306 e. The molecule has 0 aromatic carbocycles. The van der Waals surface area contributed by atoms with Gasteiger partial charge in [-0.3, -0.25) is 14.4 Å². The van der Waals surface area contributed by atoms with Gasteiger partial charge in [-0.15, -0.1) is 0 Å². The van der Waals surface area contributed by atoms with Crippen LogP contribution in [0.2, 0.25) is 0 Å². The number of esters is 3. The second-order valence-corrected chi connectivity index (χ2v) is 16.4. The lowest BCUT2D eigenvalue weighted by molar-refractivity contribution is -0.167. The lowest BCUT2D eigenvalue weighted by Gasteiger charge is -2.18. The van der Waals surface area contributed by atoms with Gasteiger partial charge >= 0.3 is 17.9 Å². The third kappa shape index (κ3) is 47.5. The topological polar surface area (TPSA) is 78.9 Å². The van der Waals surface area contributed by atoms with Gasteiger partial charge in [-0.1, -0.05) is 221 Å². The van der Waals surface area contributed by atoms with Crippen molar-refractivity contribution in [2.24, 2.45) is 0 Å². The van der Waals surface area contributed by atoms with Gasteiger partial charge in [0.2, 0.25) is 0 Å². The van der Waals surface area contributed by atoms with E-state index in [-0.39, 0.29) is 31.1 Å². The SMILES string of the molecule is CC/C=C/C=C/C=C/C=C/CCCCCC(=O)OCC(COC(=O)CCCCCCCCCCCCCCCCCC)OC(=O)CCCCCC/C=C/C/C=C/C/C=C/CC. The molecule has 0 aliphatic carbocycles. The average Bonchev–Trinajstić information content (AvgIpc) is 3.26. The molecule has 0 aromatic rings. The zero-order chi connectivity index (χ0) is 44.4. The van der Waals surface area contributed by atoms with Gasteiger partial charge in [0.1, 0.15) is 13.2 Å². The summed E-state index contributed by atoms with van der Waals surface area (Å²) in [5, 5.41) is 0. The van der Waals surface area contributed by atoms with E-state index in [1.165, 1.54) is 83.5 Å². The molecular formula is C55H92O6. The molecule has 0 amide bonds. The summed E-state index contributed by atoms with van der Waals surface area (Å²) in [6.07, 6.45) is 62.8. The predicted octanol–water partition coefficient (Wildman–Crippen LogP) is 16.4. The number of rotatable bonds is 44. The van der Waals surface area contributed by atoms with Gasteiger partial charge in [-0.2, -0.15) is 0 Å². The van der Waals surface area contributed by atoms with E-state index >= 15 is 0 Å². The van der Waals surface area contributed by atoms with E-state index in [1.54, 1.807) is 0 Å². The van der Waals surface area contributed by atoms with Gasteiger partial charge in [0, 0.05) is 19.3 Å². The Labute approximate surface area is 375 Å². The van der Waals surface area contributed by atoms with Crippen molar-refractivity contribution >= 4 is 17.9 Å². The highest BCUT2D eigenvalue weighted by Gasteiger charge is 2.19. The van der Waals surface area contributed by atoms with Crippen molar-refractivity contribution in [1.29, 1.82) is 0 Å². The third-order valence-corrected chi connectivity index (χ3v) is 10.5. The first-order valence-electron chi connectivity index (χ1n) is 25.1. The maximum absolute atomic E-state index is 12.8. The Morgan fingerprint density at radius 3 is 1.21 bits per heavy atom. The fraction of sp³-hybridized carbons (Fsp3) is 0.691. The van der Waals surface area contributed by atoms with E-state index in [0.29, 0.717) is 19.3 Å². The van der Waals surface area contributed by atoms with Gasteiger partial charge in [-0.25, -0.2) is 0 Å². The molecular weight excluding hydrogens is 757 g/mol. The summed E-state index contributed by atoms with van der Waals surface area (Å²) in [5.74, 6) is -0.961. The zero-order valence-corrected chi connectivity index (χ0v) is 39.7. The van der Waals surface area contributed by atoms with Crippen LogP contribution in [0.25, 0.3) is 0 Å². The molecule has 0 saturated heterocycles. The molecule has 0 spiro atoms. The normalized spacial score (nSPS) is 12.8. The molecule has 0 bridgehead atoms. The van der Waals surface area contributed by atoms with Crippen molar-refractivity contribution < 1.29 is 28.6 Å². The lowest BCUT2D eigenvalue weighted by Crippen LogP contribution is -2.30. The number of unbranched alkanes of at least 4 members (excludes halogenated alkanes) is 22. The zero-order valence-electron chi connectivity index (χ0n) is 39.7. The van der Waals surface area contributed by atoms with Crippen LogP contribution in [-0.4, -0.2) is 37.2 Å². The number of hydrogen-bond donors (Lipinski definition) is 0. The van der Waals surface area contributed by atoms with Gasteiger partial charge in [-0.05, 0) is 70.6 Å². The summed E-state index contributed by atoms with van der Waals surface area (Å²) in [6, 6.07) is 0. The van der Waals surface area contributed by atoms with E-state index in [4.69, 9.17) is 14.2 Å². The summed E-state index contributed by atoms with van der Waals surface area (Å²) >= 11 is 0. The largest absolute Gasteiger partial charge is 0.462 e. The number of hydrogen-bond acceptors (Lipinski definition) is 6. The first-order valence-corrected chi connectivity index (χ1v) is 25.1. The van der Waals surface area contributed by atoms with Crippen LogP contribution >= 0.6 is 0 Å². The second-order valence-electron chi connectivity index (χ2n) is 16.4. The number of carbonyl (C=O) groups is 3. The molecule has 1 unspecified atom stereocenters. The fourth-order valence-electron chi connectivity index (χ4n) is 6.76. The Balaban J connectivity index is 4.45. The molecule has 0 aromatic heterocycles. The van der Waals surface area contributed by atoms with E-state index in [2.05, 4.69) is 69.4 Å². The highest BCUT2D eigenvalue weighted by Crippen LogP contribution is 2.15. The summed E-state index contributed by atoms with van der Waals surface area (Å²) in [7, 11) is 0. The third-order valence-electron chi connectivity index (χ3n) is 10.5. The predicted molar refractivity (Wildman–Crippen MR) is 261 cm³/mol. The Kier molecular flexibility index (Phi) is 46.5. The van der Waals surface area contributed by atoms with E-state index in [0.717, 1.165) is 103 Å². The quantitative estimate of drug-likeness (QED) is 0.0200. The van der Waals surface area contributed by atoms with E-state index in [9.17, 15) is 14.4 Å². The van der Waals surface area contributed by atoms with Crippen molar-refractivity contribution in [3.63, 3.8) is 0 Å². The van der Waals surface area contributed by atoms with Crippen LogP contribution in [-0.2, 0) is 28.6 Å². The molecule has 0 aliphatic heterocycles. The van der Waals surface area contributed by atoms with Gasteiger partial charge in [0.15, 0.2) is 6.10 Å². The molecule has 0 saturated carbocycles. The molecule has 6 nitrogen and oxygen atoms in total. The maximum atomic E-state index is 12.8. The van der Waals surface area contributed by atoms with E-state index < -0.39 is 6.10 Å². The number of carbonyl (C=O) groups excluding carboxylic acids is 3. The summed E-state index contributed by atoms with van der Waals surface area (Å²) in [6.45, 7) is 6.33. The molecule has 0 radical (unpaired) electrons. The monoisotopic (exact) mass is 849 g/mol. The minimum Gasteiger partial charge on any atom is -0.462 e. The molecule has 6 heteroatoms. The molecule has 61 heavy (non-hydrogen) atoms. The Hall–Kier alpha value is -3.41. The van der Waals surface area contributed by atoms with Crippen molar-refractivity contribution in [3.05, 3.63) is 85.1 Å². The average molecular weight is 849 g/mol. The minimum atomic E-state index is -0.802. The Morgan fingerprint density at radius 2 is 0.721 bits per heavy atom. The summed E-state index contributed by atoms with van der Waals surface area (Å²) in [5.41, 5.74) is 0. The molecule has 0 N–H and O–H groups in total. The first kappa shape index (κ1) is 57.6. The van der Waals surface area contributed by atoms with Crippen LogP contribution in [0.5, 0.6) is 0 Å². The molecule has 1 atom stereocenters. The van der Waals surface area contributed by atoms with Crippen LogP contribution in [0.15, 0.2) is 85.1 Å². The van der Waals surface area contributed by atoms with Crippen molar-refractivity contribution in [3.8, 4) is 0 Å². The molecule has 348 valence electrons. The van der Waals surface area contributed by atoms with Crippen LogP contribution in [0.1, 0.15) is 226 Å². The molecule has 0 fully saturated rings. The van der Waals surface area contributed by atoms with E-state index in [1.807, 2.05) is 36.5 Å². The molecule has 0 heterocycles.